The van der Waals surface area contributed by atoms with Crippen LogP contribution >= 0.6 is 0 Å². The number of morpholine rings is 1. The Morgan fingerprint density at radius 3 is 3.18 bits per heavy atom. The fourth-order valence-electron chi connectivity index (χ4n) is 2.37. The van der Waals surface area contributed by atoms with Gasteiger partial charge in [-0.2, -0.15) is 4.68 Å². The molecule has 0 spiro atoms. The first kappa shape index (κ1) is 14.6. The minimum atomic E-state index is -0.0476. The Kier molecular flexibility index (Phi) is 4.40. The normalized spacial score (nSPS) is 18.1. The molecule has 1 atom stereocenters. The van der Waals surface area contributed by atoms with E-state index in [9.17, 15) is 4.79 Å². The monoisotopic (exact) mass is 302 g/mol. The number of aryl methyl sites for hydroxylation is 1. The van der Waals surface area contributed by atoms with E-state index in [0.29, 0.717) is 31.1 Å². The third-order valence-electron chi connectivity index (χ3n) is 3.43. The predicted octanol–water partition coefficient (Wildman–Crippen LogP) is 0.288. The van der Waals surface area contributed by atoms with E-state index >= 15 is 0 Å². The van der Waals surface area contributed by atoms with Crippen LogP contribution in [-0.2, 0) is 9.53 Å². The highest BCUT2D eigenvalue weighted by Gasteiger charge is 2.17. The molecular weight excluding hydrogens is 284 g/mol. The highest BCUT2D eigenvalue weighted by molar-refractivity contribution is 5.91. The lowest BCUT2D eigenvalue weighted by Crippen LogP contribution is -2.43. The van der Waals surface area contributed by atoms with Crippen LogP contribution in [0.2, 0.25) is 0 Å². The van der Waals surface area contributed by atoms with Crippen LogP contribution in [0, 0.1) is 6.92 Å². The summed E-state index contributed by atoms with van der Waals surface area (Å²) in [6.45, 7) is 3.87. The van der Waals surface area contributed by atoms with Gasteiger partial charge in [0.2, 0.25) is 5.91 Å². The number of benzene rings is 1. The predicted molar refractivity (Wildman–Crippen MR) is 79.7 cm³/mol. The van der Waals surface area contributed by atoms with Crippen LogP contribution in [0.5, 0.6) is 0 Å². The number of ether oxygens (including phenoxy) is 1. The van der Waals surface area contributed by atoms with Crippen molar-refractivity contribution in [2.45, 2.75) is 19.4 Å². The van der Waals surface area contributed by atoms with Crippen molar-refractivity contribution in [2.24, 2.45) is 0 Å². The number of tetrazole rings is 1. The fraction of sp³-hybridized carbons (Fsp3) is 0.429. The average Bonchev–Trinajstić information content (AvgIpc) is 2.94. The Balaban J connectivity index is 1.65. The molecule has 8 heteroatoms. The summed E-state index contributed by atoms with van der Waals surface area (Å²) in [5.74, 6) is 0.639. The molecule has 8 nitrogen and oxygen atoms in total. The molecule has 0 bridgehead atoms. The molecule has 0 aliphatic carbocycles. The van der Waals surface area contributed by atoms with Gasteiger partial charge in [0.15, 0.2) is 5.82 Å². The minimum absolute atomic E-state index is 0.0476. The Labute approximate surface area is 127 Å². The summed E-state index contributed by atoms with van der Waals surface area (Å²) in [5.41, 5.74) is 1.52. The van der Waals surface area contributed by atoms with Gasteiger partial charge in [0.1, 0.15) is 0 Å². The molecule has 0 radical (unpaired) electrons. The molecule has 1 aliphatic rings. The molecule has 2 N–H and O–H groups in total. The van der Waals surface area contributed by atoms with Gasteiger partial charge >= 0.3 is 0 Å². The number of amides is 1. The highest BCUT2D eigenvalue weighted by atomic mass is 16.5. The summed E-state index contributed by atoms with van der Waals surface area (Å²) in [4.78, 5) is 12.1. The summed E-state index contributed by atoms with van der Waals surface area (Å²) in [5, 5.41) is 17.5. The number of hydrogen-bond acceptors (Lipinski definition) is 6. The van der Waals surface area contributed by atoms with Crippen molar-refractivity contribution in [3.8, 4) is 5.69 Å². The third kappa shape index (κ3) is 3.46. The SMILES string of the molecule is Cc1nnnn1-c1cccc(NC(=O)CC2COCCN2)c1. The molecule has 1 aliphatic heterocycles. The fourth-order valence-corrected chi connectivity index (χ4v) is 2.37. The van der Waals surface area contributed by atoms with Crippen molar-refractivity contribution in [1.82, 2.24) is 25.5 Å². The van der Waals surface area contributed by atoms with Crippen molar-refractivity contribution in [1.29, 1.82) is 0 Å². The summed E-state index contributed by atoms with van der Waals surface area (Å²) in [6.07, 6.45) is 0.383. The number of rotatable bonds is 4. The van der Waals surface area contributed by atoms with Gasteiger partial charge in [0, 0.05) is 24.7 Å². The largest absolute Gasteiger partial charge is 0.378 e. The lowest BCUT2D eigenvalue weighted by Gasteiger charge is -2.23. The van der Waals surface area contributed by atoms with Crippen LogP contribution in [0.3, 0.4) is 0 Å². The number of anilines is 1. The first-order valence-corrected chi connectivity index (χ1v) is 7.19. The van der Waals surface area contributed by atoms with Crippen LogP contribution in [-0.4, -0.2) is 51.9 Å². The standard InChI is InChI=1S/C14H18N6O2/c1-10-17-18-19-20(10)13-4-2-3-11(7-13)16-14(21)8-12-9-22-6-5-15-12/h2-4,7,12,15H,5-6,8-9H2,1H3,(H,16,21). The molecule has 1 amide bonds. The molecular formula is C14H18N6O2. The summed E-state index contributed by atoms with van der Waals surface area (Å²) in [7, 11) is 0. The van der Waals surface area contributed by atoms with Crippen LogP contribution in [0.1, 0.15) is 12.2 Å². The molecule has 1 fully saturated rings. The van der Waals surface area contributed by atoms with Gasteiger partial charge in [-0.25, -0.2) is 0 Å². The quantitative estimate of drug-likeness (QED) is 0.843. The topological polar surface area (TPSA) is 94.0 Å². The second-order valence-electron chi connectivity index (χ2n) is 5.17. The van der Waals surface area contributed by atoms with Crippen molar-refractivity contribution in [2.75, 3.05) is 25.1 Å². The zero-order chi connectivity index (χ0) is 15.4. The maximum atomic E-state index is 12.1. The van der Waals surface area contributed by atoms with Gasteiger partial charge in [-0.3, -0.25) is 4.79 Å². The third-order valence-corrected chi connectivity index (χ3v) is 3.43. The van der Waals surface area contributed by atoms with E-state index in [4.69, 9.17) is 4.74 Å². The van der Waals surface area contributed by atoms with Gasteiger partial charge in [-0.05, 0) is 35.5 Å². The summed E-state index contributed by atoms with van der Waals surface area (Å²) < 4.78 is 6.96. The first-order chi connectivity index (χ1) is 10.7. The van der Waals surface area contributed by atoms with Gasteiger partial charge < -0.3 is 15.4 Å². The van der Waals surface area contributed by atoms with E-state index in [2.05, 4.69) is 26.2 Å². The molecule has 3 rings (SSSR count). The average molecular weight is 302 g/mol. The van der Waals surface area contributed by atoms with Crippen molar-refractivity contribution >= 4 is 11.6 Å². The van der Waals surface area contributed by atoms with E-state index in [0.717, 1.165) is 12.2 Å². The summed E-state index contributed by atoms with van der Waals surface area (Å²) >= 11 is 0. The van der Waals surface area contributed by atoms with E-state index in [1.807, 2.05) is 31.2 Å². The van der Waals surface area contributed by atoms with Crippen molar-refractivity contribution < 1.29 is 9.53 Å². The van der Waals surface area contributed by atoms with Gasteiger partial charge in [-0.15, -0.1) is 5.10 Å². The van der Waals surface area contributed by atoms with Crippen LogP contribution in [0.4, 0.5) is 5.69 Å². The van der Waals surface area contributed by atoms with Gasteiger partial charge in [-0.1, -0.05) is 6.07 Å². The Morgan fingerprint density at radius 1 is 1.55 bits per heavy atom. The number of hydrogen-bond donors (Lipinski definition) is 2. The van der Waals surface area contributed by atoms with Gasteiger partial charge in [0.25, 0.3) is 0 Å². The number of carbonyl (C=O) groups is 1. The molecule has 22 heavy (non-hydrogen) atoms. The van der Waals surface area contributed by atoms with Crippen LogP contribution in [0.15, 0.2) is 24.3 Å². The Morgan fingerprint density at radius 2 is 2.45 bits per heavy atom. The highest BCUT2D eigenvalue weighted by Crippen LogP contribution is 2.15. The van der Waals surface area contributed by atoms with E-state index in [1.165, 1.54) is 0 Å². The molecule has 1 unspecified atom stereocenters. The second-order valence-corrected chi connectivity index (χ2v) is 5.17. The first-order valence-electron chi connectivity index (χ1n) is 7.19. The van der Waals surface area contributed by atoms with Crippen molar-refractivity contribution in [3.05, 3.63) is 30.1 Å². The van der Waals surface area contributed by atoms with Crippen LogP contribution < -0.4 is 10.6 Å². The molecule has 1 aromatic carbocycles. The van der Waals surface area contributed by atoms with Crippen LogP contribution in [0.25, 0.3) is 5.69 Å². The van der Waals surface area contributed by atoms with Gasteiger partial charge in [0.05, 0.1) is 18.9 Å². The summed E-state index contributed by atoms with van der Waals surface area (Å²) in [6, 6.07) is 7.49. The maximum Gasteiger partial charge on any atom is 0.226 e. The lowest BCUT2D eigenvalue weighted by atomic mass is 10.2. The molecule has 0 saturated carbocycles. The number of nitrogens with zero attached hydrogens (tertiary/aromatic N) is 4. The van der Waals surface area contributed by atoms with Crippen molar-refractivity contribution in [3.63, 3.8) is 0 Å². The minimum Gasteiger partial charge on any atom is -0.378 e. The maximum absolute atomic E-state index is 12.1. The zero-order valence-electron chi connectivity index (χ0n) is 12.3. The second kappa shape index (κ2) is 6.63. The molecule has 2 heterocycles. The zero-order valence-corrected chi connectivity index (χ0v) is 12.3. The Hall–Kier alpha value is -2.32. The molecule has 2 aromatic rings. The molecule has 116 valence electrons. The number of aromatic nitrogens is 4. The van der Waals surface area contributed by atoms with E-state index in [1.54, 1.807) is 4.68 Å². The number of nitrogens with one attached hydrogen (secondary N) is 2. The van der Waals surface area contributed by atoms with E-state index < -0.39 is 0 Å². The molecule has 1 saturated heterocycles. The Bertz CT molecular complexity index is 650. The smallest absolute Gasteiger partial charge is 0.226 e. The lowest BCUT2D eigenvalue weighted by molar-refractivity contribution is -0.117. The van der Waals surface area contributed by atoms with E-state index in [-0.39, 0.29) is 11.9 Å². The number of carbonyl (C=O) groups excluding carboxylic acids is 1. The molecule has 1 aromatic heterocycles.